The number of halogens is 4. The lowest BCUT2D eigenvalue weighted by atomic mass is 10.2. The maximum Gasteiger partial charge on any atom is 0.253 e. The van der Waals surface area contributed by atoms with E-state index in [2.05, 4.69) is 15.1 Å². The van der Waals surface area contributed by atoms with Crippen molar-refractivity contribution in [3.05, 3.63) is 80.0 Å². The van der Waals surface area contributed by atoms with Crippen LogP contribution in [0, 0.1) is 0 Å². The molecule has 0 aliphatic carbocycles. The lowest BCUT2D eigenvalue weighted by molar-refractivity contribution is 0.218. The molecule has 5 nitrogen and oxygen atoms in total. The van der Waals surface area contributed by atoms with E-state index in [9.17, 15) is 0 Å². The Kier molecular flexibility index (Phi) is 6.60. The van der Waals surface area contributed by atoms with Crippen LogP contribution in [0.5, 0.6) is 5.75 Å². The third kappa shape index (κ3) is 4.63. The van der Waals surface area contributed by atoms with Crippen LogP contribution in [-0.2, 0) is 5.75 Å². The normalized spacial score (nSPS) is 12.3. The van der Waals surface area contributed by atoms with Gasteiger partial charge >= 0.3 is 0 Å². The molecule has 10 heteroatoms. The van der Waals surface area contributed by atoms with Gasteiger partial charge in [-0.05, 0) is 48.9 Å². The molecule has 0 aliphatic heterocycles. The summed E-state index contributed by atoms with van der Waals surface area (Å²) < 4.78 is 7.67. The van der Waals surface area contributed by atoms with Gasteiger partial charge < -0.3 is 4.74 Å². The van der Waals surface area contributed by atoms with Gasteiger partial charge in [-0.25, -0.2) is 4.98 Å². The van der Waals surface area contributed by atoms with Gasteiger partial charge in [-0.15, -0.1) is 5.10 Å². The van der Waals surface area contributed by atoms with Crippen molar-refractivity contribution in [3.63, 3.8) is 0 Å². The number of rotatable bonds is 6. The van der Waals surface area contributed by atoms with Crippen molar-refractivity contribution in [3.8, 4) is 5.75 Å². The van der Waals surface area contributed by atoms with Gasteiger partial charge in [0.05, 0.1) is 10.7 Å². The lowest BCUT2D eigenvalue weighted by Gasteiger charge is -2.16. The summed E-state index contributed by atoms with van der Waals surface area (Å²) in [5, 5.41) is 7.33. The van der Waals surface area contributed by atoms with E-state index >= 15 is 0 Å². The number of nitrogens with zero attached hydrogens (tertiary/aromatic N) is 4. The second-order valence-electron chi connectivity index (χ2n) is 6.30. The van der Waals surface area contributed by atoms with Crippen LogP contribution in [0.4, 0.5) is 0 Å². The van der Waals surface area contributed by atoms with Crippen LogP contribution in [0.25, 0.3) is 5.78 Å². The van der Waals surface area contributed by atoms with E-state index in [1.165, 1.54) is 11.8 Å². The summed E-state index contributed by atoms with van der Waals surface area (Å²) in [6, 6.07) is 12.3. The van der Waals surface area contributed by atoms with E-state index in [0.29, 0.717) is 42.5 Å². The van der Waals surface area contributed by atoms with Crippen molar-refractivity contribution in [1.82, 2.24) is 19.6 Å². The van der Waals surface area contributed by atoms with Crippen LogP contribution in [0.3, 0.4) is 0 Å². The molecule has 0 N–H and O–H groups in total. The number of hydrogen-bond acceptors (Lipinski definition) is 5. The van der Waals surface area contributed by atoms with Crippen molar-refractivity contribution >= 4 is 63.9 Å². The Balaban J connectivity index is 1.57. The van der Waals surface area contributed by atoms with Crippen LogP contribution in [0.2, 0.25) is 20.1 Å². The van der Waals surface area contributed by atoms with Gasteiger partial charge in [0.1, 0.15) is 11.9 Å². The number of aromatic nitrogens is 4. The fourth-order valence-electron chi connectivity index (χ4n) is 2.79. The molecule has 154 valence electrons. The van der Waals surface area contributed by atoms with Crippen LogP contribution in [0.1, 0.15) is 24.3 Å². The highest BCUT2D eigenvalue weighted by atomic mass is 35.5. The van der Waals surface area contributed by atoms with Gasteiger partial charge in [-0.2, -0.15) is 9.50 Å². The minimum Gasteiger partial charge on any atom is -0.483 e. The summed E-state index contributed by atoms with van der Waals surface area (Å²) >= 11 is 26.1. The van der Waals surface area contributed by atoms with Crippen LogP contribution in [-0.4, -0.2) is 19.6 Å². The summed E-state index contributed by atoms with van der Waals surface area (Å²) in [4.78, 5) is 8.78. The fourth-order valence-corrected chi connectivity index (χ4v) is 4.80. The molecule has 2 heterocycles. The maximum absolute atomic E-state index is 6.25. The first-order valence-corrected chi connectivity index (χ1v) is 11.3. The second-order valence-corrected chi connectivity index (χ2v) is 8.90. The average Bonchev–Trinajstić information content (AvgIpc) is 3.12. The lowest BCUT2D eigenvalue weighted by Crippen LogP contribution is -2.10. The SMILES string of the molecule is CC(Oc1ccc(Cl)cc1Cl)c1ccnc2nc(SCc3c(Cl)cccc3Cl)nn12. The van der Waals surface area contributed by atoms with Gasteiger partial charge in [-0.1, -0.05) is 64.2 Å². The first-order valence-electron chi connectivity index (χ1n) is 8.81. The molecule has 2 aromatic heterocycles. The molecule has 0 amide bonds. The molecule has 0 aliphatic rings. The quantitative estimate of drug-likeness (QED) is 0.263. The topological polar surface area (TPSA) is 52.3 Å². The van der Waals surface area contributed by atoms with Crippen LogP contribution in [0.15, 0.2) is 53.8 Å². The van der Waals surface area contributed by atoms with Crippen molar-refractivity contribution in [2.45, 2.75) is 23.9 Å². The zero-order valence-electron chi connectivity index (χ0n) is 15.5. The van der Waals surface area contributed by atoms with E-state index in [0.717, 1.165) is 11.3 Å². The van der Waals surface area contributed by atoms with Crippen molar-refractivity contribution in [2.24, 2.45) is 0 Å². The van der Waals surface area contributed by atoms with Gasteiger partial charge in [0.25, 0.3) is 5.78 Å². The number of thioether (sulfide) groups is 1. The highest BCUT2D eigenvalue weighted by Crippen LogP contribution is 2.32. The third-order valence-corrected chi connectivity index (χ3v) is 6.37. The summed E-state index contributed by atoms with van der Waals surface area (Å²) in [6.07, 6.45) is 1.31. The Bertz CT molecular complexity index is 1200. The highest BCUT2D eigenvalue weighted by Gasteiger charge is 2.17. The van der Waals surface area contributed by atoms with Crippen molar-refractivity contribution in [2.75, 3.05) is 0 Å². The Morgan fingerprint density at radius 3 is 2.53 bits per heavy atom. The zero-order chi connectivity index (χ0) is 21.3. The summed E-state index contributed by atoms with van der Waals surface area (Å²) in [7, 11) is 0. The summed E-state index contributed by atoms with van der Waals surface area (Å²) in [5.41, 5.74) is 1.62. The standard InChI is InChI=1S/C20H14Cl4N4OS/c1-11(29-18-6-5-12(21)9-16(18)24)17-7-8-25-19-26-20(27-28(17)19)30-10-13-14(22)3-2-4-15(13)23/h2-9,11H,10H2,1H3. The second kappa shape index (κ2) is 9.20. The van der Waals surface area contributed by atoms with Crippen molar-refractivity contribution < 1.29 is 4.74 Å². The molecule has 4 rings (SSSR count). The fraction of sp³-hybridized carbons (Fsp3) is 0.150. The van der Waals surface area contributed by atoms with Gasteiger partial charge in [-0.3, -0.25) is 0 Å². The van der Waals surface area contributed by atoms with Gasteiger partial charge in [0, 0.05) is 27.0 Å². The molecule has 0 bridgehead atoms. The van der Waals surface area contributed by atoms with Gasteiger partial charge in [0.15, 0.2) is 0 Å². The smallest absolute Gasteiger partial charge is 0.253 e. The predicted molar refractivity (Wildman–Crippen MR) is 122 cm³/mol. The minimum atomic E-state index is -0.355. The number of hydrogen-bond donors (Lipinski definition) is 0. The first-order chi connectivity index (χ1) is 14.4. The van der Waals surface area contributed by atoms with Gasteiger partial charge in [0.2, 0.25) is 5.16 Å². The summed E-state index contributed by atoms with van der Waals surface area (Å²) in [6.45, 7) is 1.90. The molecule has 4 aromatic rings. The molecule has 1 unspecified atom stereocenters. The molecular weight excluding hydrogens is 486 g/mol. The van der Waals surface area contributed by atoms with E-state index in [4.69, 9.17) is 51.1 Å². The van der Waals surface area contributed by atoms with E-state index < -0.39 is 0 Å². The Morgan fingerprint density at radius 2 is 1.80 bits per heavy atom. The zero-order valence-corrected chi connectivity index (χ0v) is 19.4. The Hall–Kier alpha value is -1.70. The number of benzene rings is 2. The predicted octanol–water partition coefficient (Wildman–Crippen LogP) is 7.17. The highest BCUT2D eigenvalue weighted by molar-refractivity contribution is 7.98. The van der Waals surface area contributed by atoms with E-state index in [1.807, 2.05) is 19.1 Å². The molecule has 0 saturated heterocycles. The molecule has 30 heavy (non-hydrogen) atoms. The average molecular weight is 500 g/mol. The molecule has 0 saturated carbocycles. The molecule has 0 fully saturated rings. The van der Waals surface area contributed by atoms with Crippen LogP contribution < -0.4 is 4.74 Å². The van der Waals surface area contributed by atoms with Crippen molar-refractivity contribution in [1.29, 1.82) is 0 Å². The van der Waals surface area contributed by atoms with E-state index in [1.54, 1.807) is 41.0 Å². The maximum atomic E-state index is 6.25. The molecule has 1 atom stereocenters. The Morgan fingerprint density at radius 1 is 1.03 bits per heavy atom. The largest absolute Gasteiger partial charge is 0.483 e. The Labute approximate surface area is 197 Å². The number of fused-ring (bicyclic) bond motifs is 1. The molecular formula is C20H14Cl4N4OS. The molecule has 2 aromatic carbocycles. The third-order valence-electron chi connectivity index (χ3n) is 4.27. The first kappa shape index (κ1) is 21.5. The number of ether oxygens (including phenoxy) is 1. The van der Waals surface area contributed by atoms with E-state index in [-0.39, 0.29) is 6.10 Å². The summed E-state index contributed by atoms with van der Waals surface area (Å²) in [5.74, 6) is 1.54. The monoisotopic (exact) mass is 498 g/mol. The van der Waals surface area contributed by atoms with Crippen LogP contribution >= 0.6 is 58.2 Å². The molecule has 0 spiro atoms. The minimum absolute atomic E-state index is 0.355. The molecule has 0 radical (unpaired) electrons.